The van der Waals surface area contributed by atoms with Crippen LogP contribution in [-0.2, 0) is 6.54 Å². The van der Waals surface area contributed by atoms with Gasteiger partial charge in [0, 0.05) is 17.0 Å². The third-order valence-corrected chi connectivity index (χ3v) is 3.77. The van der Waals surface area contributed by atoms with Crippen molar-refractivity contribution in [1.82, 2.24) is 5.32 Å². The summed E-state index contributed by atoms with van der Waals surface area (Å²) in [5.74, 6) is 1.56. The summed E-state index contributed by atoms with van der Waals surface area (Å²) < 4.78 is 6.02. The first-order valence-electron chi connectivity index (χ1n) is 5.99. The Labute approximate surface area is 123 Å². The van der Waals surface area contributed by atoms with Crippen LogP contribution in [0.5, 0.6) is 11.5 Å². The summed E-state index contributed by atoms with van der Waals surface area (Å²) in [5.41, 5.74) is 1.05. The van der Waals surface area contributed by atoms with E-state index in [0.29, 0.717) is 5.02 Å². The first kappa shape index (κ1) is 14.3. The van der Waals surface area contributed by atoms with Crippen LogP contribution in [0.15, 0.2) is 47.4 Å². The van der Waals surface area contributed by atoms with Crippen molar-refractivity contribution in [3.63, 3.8) is 0 Å². The minimum Gasteiger partial charge on any atom is -0.454 e. The van der Waals surface area contributed by atoms with Crippen molar-refractivity contribution in [1.29, 1.82) is 0 Å². The number of nitrogens with one attached hydrogen (secondary N) is 1. The number of thioether (sulfide) groups is 1. The Morgan fingerprint density at radius 1 is 1.16 bits per heavy atom. The molecular weight excluding hydrogens is 278 g/mol. The summed E-state index contributed by atoms with van der Waals surface area (Å²) in [6.45, 7) is 0.720. The molecule has 100 valence electrons. The smallest absolute Gasteiger partial charge is 0.150 e. The van der Waals surface area contributed by atoms with Gasteiger partial charge in [-0.2, -0.15) is 0 Å². The summed E-state index contributed by atoms with van der Waals surface area (Å²) in [5, 5.41) is 3.75. The van der Waals surface area contributed by atoms with Crippen molar-refractivity contribution < 1.29 is 4.74 Å². The lowest BCUT2D eigenvalue weighted by Gasteiger charge is -2.14. The lowest BCUT2D eigenvalue weighted by molar-refractivity contribution is 0.463. The molecule has 0 amide bonds. The summed E-state index contributed by atoms with van der Waals surface area (Å²) in [4.78, 5) is 1.10. The van der Waals surface area contributed by atoms with Crippen molar-refractivity contribution in [2.75, 3.05) is 13.3 Å². The molecule has 0 aliphatic carbocycles. The SMILES string of the molecule is CNCc1cccc(Cl)c1Oc1ccccc1SC. The lowest BCUT2D eigenvalue weighted by atomic mass is 10.2. The number of halogens is 1. The van der Waals surface area contributed by atoms with Crippen LogP contribution in [0.1, 0.15) is 5.56 Å². The molecule has 19 heavy (non-hydrogen) atoms. The van der Waals surface area contributed by atoms with Gasteiger partial charge in [-0.3, -0.25) is 0 Å². The van der Waals surface area contributed by atoms with Crippen LogP contribution in [-0.4, -0.2) is 13.3 Å². The van der Waals surface area contributed by atoms with Gasteiger partial charge >= 0.3 is 0 Å². The number of ether oxygens (including phenoxy) is 1. The molecule has 1 N–H and O–H groups in total. The molecule has 0 bridgehead atoms. The van der Waals surface area contributed by atoms with Gasteiger partial charge in [0.2, 0.25) is 0 Å². The molecule has 0 aromatic heterocycles. The second-order valence-electron chi connectivity index (χ2n) is 4.01. The van der Waals surface area contributed by atoms with Crippen LogP contribution in [0.3, 0.4) is 0 Å². The van der Waals surface area contributed by atoms with Gasteiger partial charge in [-0.25, -0.2) is 0 Å². The molecule has 0 spiro atoms. The van der Waals surface area contributed by atoms with Gasteiger partial charge in [0.05, 0.1) is 5.02 Å². The highest BCUT2D eigenvalue weighted by Gasteiger charge is 2.11. The maximum absolute atomic E-state index is 6.25. The molecule has 0 saturated heterocycles. The third kappa shape index (κ3) is 3.44. The molecule has 2 rings (SSSR count). The second-order valence-corrected chi connectivity index (χ2v) is 5.27. The maximum Gasteiger partial charge on any atom is 0.150 e. The van der Waals surface area contributed by atoms with Gasteiger partial charge in [0.15, 0.2) is 5.75 Å². The molecule has 0 aliphatic rings. The molecule has 0 aliphatic heterocycles. The van der Waals surface area contributed by atoms with E-state index in [1.54, 1.807) is 11.8 Å². The minimum absolute atomic E-state index is 0.628. The first-order valence-corrected chi connectivity index (χ1v) is 7.59. The van der Waals surface area contributed by atoms with E-state index in [-0.39, 0.29) is 0 Å². The normalized spacial score (nSPS) is 10.5. The molecule has 0 fully saturated rings. The van der Waals surface area contributed by atoms with Crippen LogP contribution in [0.25, 0.3) is 0 Å². The Morgan fingerprint density at radius 2 is 1.95 bits per heavy atom. The molecule has 2 aromatic rings. The molecule has 2 aromatic carbocycles. The second kappa shape index (κ2) is 6.85. The average Bonchev–Trinajstić information content (AvgIpc) is 2.43. The third-order valence-electron chi connectivity index (χ3n) is 2.70. The van der Waals surface area contributed by atoms with E-state index >= 15 is 0 Å². The van der Waals surface area contributed by atoms with Gasteiger partial charge in [0.1, 0.15) is 5.75 Å². The standard InChI is InChI=1S/C15H16ClNOS/c1-17-10-11-6-5-7-12(16)15(11)18-13-8-3-4-9-14(13)19-2/h3-9,17H,10H2,1-2H3. The Morgan fingerprint density at radius 3 is 2.68 bits per heavy atom. The van der Waals surface area contributed by atoms with Crippen LogP contribution in [0.2, 0.25) is 5.02 Å². The quantitative estimate of drug-likeness (QED) is 0.816. The minimum atomic E-state index is 0.628. The number of benzene rings is 2. The Bertz CT molecular complexity index is 560. The molecule has 0 radical (unpaired) electrons. The number of rotatable bonds is 5. The zero-order valence-electron chi connectivity index (χ0n) is 10.9. The Kier molecular flexibility index (Phi) is 5.14. The van der Waals surface area contributed by atoms with Crippen LogP contribution >= 0.6 is 23.4 Å². The van der Waals surface area contributed by atoms with Crippen LogP contribution in [0.4, 0.5) is 0 Å². The molecule has 0 unspecified atom stereocenters. The largest absolute Gasteiger partial charge is 0.454 e. The molecule has 0 saturated carbocycles. The van der Waals surface area contributed by atoms with Gasteiger partial charge in [-0.15, -0.1) is 11.8 Å². The van der Waals surface area contributed by atoms with Gasteiger partial charge in [-0.05, 0) is 31.5 Å². The fourth-order valence-electron chi connectivity index (χ4n) is 1.81. The highest BCUT2D eigenvalue weighted by molar-refractivity contribution is 7.98. The van der Waals surface area contributed by atoms with E-state index in [2.05, 4.69) is 5.32 Å². The van der Waals surface area contributed by atoms with Crippen molar-refractivity contribution >= 4 is 23.4 Å². The number of hydrogen-bond donors (Lipinski definition) is 1. The van der Waals surface area contributed by atoms with Crippen molar-refractivity contribution in [3.05, 3.63) is 53.1 Å². The molecule has 2 nitrogen and oxygen atoms in total. The highest BCUT2D eigenvalue weighted by atomic mass is 35.5. The lowest BCUT2D eigenvalue weighted by Crippen LogP contribution is -2.06. The van der Waals surface area contributed by atoms with Crippen molar-refractivity contribution in [3.8, 4) is 11.5 Å². The predicted octanol–water partition coefficient (Wildman–Crippen LogP) is 4.57. The van der Waals surface area contributed by atoms with E-state index in [9.17, 15) is 0 Å². The molecule has 0 atom stereocenters. The van der Waals surface area contributed by atoms with Crippen molar-refractivity contribution in [2.24, 2.45) is 0 Å². The highest BCUT2D eigenvalue weighted by Crippen LogP contribution is 2.36. The molecule has 0 heterocycles. The van der Waals surface area contributed by atoms with Crippen LogP contribution < -0.4 is 10.1 Å². The monoisotopic (exact) mass is 293 g/mol. The predicted molar refractivity (Wildman–Crippen MR) is 82.5 cm³/mol. The fraction of sp³-hybridized carbons (Fsp3) is 0.200. The number of hydrogen-bond acceptors (Lipinski definition) is 3. The molecular formula is C15H16ClNOS. The summed E-state index contributed by atoms with van der Waals surface area (Å²) in [6.07, 6.45) is 2.03. The topological polar surface area (TPSA) is 21.3 Å². The van der Waals surface area contributed by atoms with E-state index in [0.717, 1.165) is 28.5 Å². The van der Waals surface area contributed by atoms with Gasteiger partial charge in [-0.1, -0.05) is 35.9 Å². The maximum atomic E-state index is 6.25. The van der Waals surface area contributed by atoms with E-state index in [1.165, 1.54) is 0 Å². The zero-order valence-corrected chi connectivity index (χ0v) is 12.5. The van der Waals surface area contributed by atoms with E-state index in [1.807, 2.05) is 55.8 Å². The van der Waals surface area contributed by atoms with Gasteiger partial charge in [0.25, 0.3) is 0 Å². The van der Waals surface area contributed by atoms with Crippen molar-refractivity contribution in [2.45, 2.75) is 11.4 Å². The number of para-hydroxylation sites is 2. The summed E-state index contributed by atoms with van der Waals surface area (Å²) in [6, 6.07) is 13.7. The van der Waals surface area contributed by atoms with Gasteiger partial charge < -0.3 is 10.1 Å². The Hall–Kier alpha value is -1.16. The fourth-order valence-corrected chi connectivity index (χ4v) is 2.57. The average molecular weight is 294 g/mol. The zero-order chi connectivity index (χ0) is 13.7. The summed E-state index contributed by atoms with van der Waals surface area (Å²) in [7, 11) is 1.90. The summed E-state index contributed by atoms with van der Waals surface area (Å²) >= 11 is 7.91. The first-order chi connectivity index (χ1) is 9.26. The van der Waals surface area contributed by atoms with Crippen LogP contribution in [0, 0.1) is 0 Å². The molecule has 4 heteroatoms. The van der Waals surface area contributed by atoms with E-state index < -0.39 is 0 Å². The Balaban J connectivity index is 2.37. The van der Waals surface area contributed by atoms with E-state index in [4.69, 9.17) is 16.3 Å².